The summed E-state index contributed by atoms with van der Waals surface area (Å²) in [5.74, 6) is 1.87. The summed E-state index contributed by atoms with van der Waals surface area (Å²) in [6, 6.07) is 0. The van der Waals surface area contributed by atoms with E-state index in [4.69, 9.17) is 6.42 Å². The number of Topliss-reactive ketones (excluding diaryl/α,β-unsaturated/α-hetero) is 1. The van der Waals surface area contributed by atoms with Gasteiger partial charge < -0.3 is 9.05 Å². The van der Waals surface area contributed by atoms with Gasteiger partial charge in [0.25, 0.3) is 0 Å². The maximum Gasteiger partial charge on any atom is 0.337 e. The Labute approximate surface area is 84.5 Å². The number of hydrogen-bond donors (Lipinski definition) is 0. The van der Waals surface area contributed by atoms with Gasteiger partial charge in [-0.05, 0) is 0 Å². The van der Waals surface area contributed by atoms with E-state index in [1.165, 1.54) is 14.2 Å². The molecule has 0 aromatic heterocycles. The Hall–Kier alpha value is -0.620. The van der Waals surface area contributed by atoms with Crippen LogP contribution in [0.3, 0.4) is 0 Å². The lowest BCUT2D eigenvalue weighted by Gasteiger charge is -2.14. The van der Waals surface area contributed by atoms with Crippen molar-refractivity contribution in [1.82, 2.24) is 0 Å². The van der Waals surface area contributed by atoms with Crippen LogP contribution in [0.25, 0.3) is 0 Å². The molecule has 5 heteroatoms. The first-order valence-corrected chi connectivity index (χ1v) is 5.88. The maximum absolute atomic E-state index is 11.6. The molecule has 0 bridgehead atoms. The first-order chi connectivity index (χ1) is 6.49. The van der Waals surface area contributed by atoms with Crippen molar-refractivity contribution in [3.8, 4) is 12.3 Å². The van der Waals surface area contributed by atoms with Crippen molar-refractivity contribution in [2.45, 2.75) is 13.3 Å². The summed E-state index contributed by atoms with van der Waals surface area (Å²) in [7, 11) is -0.726. The Morgan fingerprint density at radius 3 is 2.36 bits per heavy atom. The van der Waals surface area contributed by atoms with Gasteiger partial charge in [-0.3, -0.25) is 9.36 Å². The van der Waals surface area contributed by atoms with Gasteiger partial charge in [0, 0.05) is 26.6 Å². The van der Waals surface area contributed by atoms with E-state index < -0.39 is 7.60 Å². The van der Waals surface area contributed by atoms with Gasteiger partial charge in [0.05, 0.1) is 0 Å². The van der Waals surface area contributed by atoms with Crippen molar-refractivity contribution in [2.24, 2.45) is 5.92 Å². The minimum atomic E-state index is -3.23. The molecular weight excluding hydrogens is 203 g/mol. The molecule has 0 saturated heterocycles. The highest BCUT2D eigenvalue weighted by atomic mass is 31.2. The molecular formula is C9H15O4P. The van der Waals surface area contributed by atoms with Crippen molar-refractivity contribution in [3.63, 3.8) is 0 Å². The molecule has 80 valence electrons. The molecule has 0 N–H and O–H groups in total. The second kappa shape index (κ2) is 5.98. The van der Waals surface area contributed by atoms with Gasteiger partial charge in [0.1, 0.15) is 11.9 Å². The SMILES string of the molecule is C#CC[C@@H](C)C(=O)CP(=O)(OC)OC. The van der Waals surface area contributed by atoms with Gasteiger partial charge >= 0.3 is 7.60 Å². The topological polar surface area (TPSA) is 52.6 Å². The lowest BCUT2D eigenvalue weighted by atomic mass is 10.1. The number of ketones is 1. The highest BCUT2D eigenvalue weighted by Gasteiger charge is 2.27. The van der Waals surface area contributed by atoms with E-state index in [9.17, 15) is 9.36 Å². The van der Waals surface area contributed by atoms with Crippen LogP contribution in [-0.4, -0.2) is 26.2 Å². The van der Waals surface area contributed by atoms with Gasteiger partial charge in [-0.1, -0.05) is 6.92 Å². The Morgan fingerprint density at radius 2 is 2.00 bits per heavy atom. The zero-order valence-corrected chi connectivity index (χ0v) is 9.54. The first kappa shape index (κ1) is 13.4. The number of carbonyl (C=O) groups is 1. The third kappa shape index (κ3) is 4.06. The molecule has 14 heavy (non-hydrogen) atoms. The highest BCUT2D eigenvalue weighted by molar-refractivity contribution is 7.54. The molecule has 0 amide bonds. The van der Waals surface area contributed by atoms with E-state index in [1.54, 1.807) is 6.92 Å². The quantitative estimate of drug-likeness (QED) is 0.503. The number of hydrogen-bond acceptors (Lipinski definition) is 4. The van der Waals surface area contributed by atoms with Crippen LogP contribution in [0.2, 0.25) is 0 Å². The molecule has 0 fully saturated rings. The Bertz CT molecular complexity index is 271. The summed E-state index contributed by atoms with van der Waals surface area (Å²) in [6.07, 6.45) is 5.18. The molecule has 0 aliphatic rings. The smallest absolute Gasteiger partial charge is 0.312 e. The van der Waals surface area contributed by atoms with Gasteiger partial charge in [-0.25, -0.2) is 0 Å². The van der Waals surface area contributed by atoms with Crippen LogP contribution in [0.4, 0.5) is 0 Å². The van der Waals surface area contributed by atoms with Gasteiger partial charge in [0.2, 0.25) is 0 Å². The van der Waals surface area contributed by atoms with Crippen LogP contribution in [0.1, 0.15) is 13.3 Å². The maximum atomic E-state index is 11.6. The summed E-state index contributed by atoms with van der Waals surface area (Å²) < 4.78 is 20.8. The summed E-state index contributed by atoms with van der Waals surface area (Å²) in [5, 5.41) is 0. The molecule has 0 unspecified atom stereocenters. The van der Waals surface area contributed by atoms with Gasteiger partial charge in [-0.2, -0.15) is 0 Å². The fourth-order valence-corrected chi connectivity index (χ4v) is 1.94. The standard InChI is InChI=1S/C9H15O4P/c1-5-6-8(2)9(10)7-14(11,12-3)13-4/h1,8H,6-7H2,2-4H3/t8-/m1/s1. The molecule has 0 spiro atoms. The van der Waals surface area contributed by atoms with E-state index in [0.717, 1.165) is 0 Å². The third-order valence-corrected chi connectivity index (χ3v) is 3.69. The molecule has 1 atom stereocenters. The van der Waals surface area contributed by atoms with Crippen LogP contribution >= 0.6 is 7.60 Å². The van der Waals surface area contributed by atoms with Crippen LogP contribution in [0.15, 0.2) is 0 Å². The van der Waals surface area contributed by atoms with E-state index >= 15 is 0 Å². The minimum absolute atomic E-state index is 0.199. The average Bonchev–Trinajstić information content (AvgIpc) is 2.18. The zero-order valence-electron chi connectivity index (χ0n) is 8.65. The molecule has 0 aliphatic carbocycles. The molecule has 0 rings (SSSR count). The van der Waals surface area contributed by atoms with Crippen molar-refractivity contribution in [3.05, 3.63) is 0 Å². The predicted octanol–water partition coefficient (Wildman–Crippen LogP) is 1.70. The summed E-state index contributed by atoms with van der Waals surface area (Å²) in [6.45, 7) is 1.69. The lowest BCUT2D eigenvalue weighted by molar-refractivity contribution is -0.120. The lowest BCUT2D eigenvalue weighted by Crippen LogP contribution is -2.16. The third-order valence-electron chi connectivity index (χ3n) is 1.88. The second-order valence-corrected chi connectivity index (χ2v) is 5.18. The molecule has 0 aromatic rings. The number of terminal acetylenes is 1. The second-order valence-electron chi connectivity index (χ2n) is 2.91. The van der Waals surface area contributed by atoms with Gasteiger partial charge in [0.15, 0.2) is 0 Å². The molecule has 0 aliphatic heterocycles. The normalized spacial score (nSPS) is 13.3. The largest absolute Gasteiger partial charge is 0.337 e. The van der Waals surface area contributed by atoms with Crippen molar-refractivity contribution >= 4 is 13.4 Å². The first-order valence-electron chi connectivity index (χ1n) is 4.15. The molecule has 0 radical (unpaired) electrons. The Balaban J connectivity index is 4.32. The van der Waals surface area contributed by atoms with Crippen LogP contribution in [-0.2, 0) is 18.4 Å². The van der Waals surface area contributed by atoms with E-state index in [-0.39, 0.29) is 17.9 Å². The van der Waals surface area contributed by atoms with Crippen LogP contribution in [0, 0.1) is 18.3 Å². The van der Waals surface area contributed by atoms with E-state index in [1.807, 2.05) is 0 Å². The summed E-state index contributed by atoms with van der Waals surface area (Å²) >= 11 is 0. The number of rotatable bonds is 6. The fraction of sp³-hybridized carbons (Fsp3) is 0.667. The molecule has 0 heterocycles. The number of carbonyl (C=O) groups excluding carboxylic acids is 1. The van der Waals surface area contributed by atoms with E-state index in [2.05, 4.69) is 15.0 Å². The van der Waals surface area contributed by atoms with E-state index in [0.29, 0.717) is 6.42 Å². The zero-order chi connectivity index (χ0) is 11.2. The van der Waals surface area contributed by atoms with Crippen LogP contribution < -0.4 is 0 Å². The summed E-state index contributed by atoms with van der Waals surface area (Å²) in [4.78, 5) is 11.4. The Kier molecular flexibility index (Phi) is 5.71. The predicted molar refractivity (Wildman–Crippen MR) is 54.1 cm³/mol. The molecule has 0 saturated carbocycles. The van der Waals surface area contributed by atoms with Crippen molar-refractivity contribution in [2.75, 3.05) is 20.4 Å². The highest BCUT2D eigenvalue weighted by Crippen LogP contribution is 2.46. The summed E-state index contributed by atoms with van der Waals surface area (Å²) in [5.41, 5.74) is 0. The minimum Gasteiger partial charge on any atom is -0.312 e. The van der Waals surface area contributed by atoms with Crippen LogP contribution in [0.5, 0.6) is 0 Å². The molecule has 4 nitrogen and oxygen atoms in total. The monoisotopic (exact) mass is 218 g/mol. The fourth-order valence-electron chi connectivity index (χ4n) is 0.841. The van der Waals surface area contributed by atoms with Crippen molar-refractivity contribution < 1.29 is 18.4 Å². The van der Waals surface area contributed by atoms with Crippen molar-refractivity contribution in [1.29, 1.82) is 0 Å². The average molecular weight is 218 g/mol. The molecule has 0 aromatic carbocycles. The van der Waals surface area contributed by atoms with Gasteiger partial charge in [-0.15, -0.1) is 12.3 Å². The Morgan fingerprint density at radius 1 is 1.50 bits per heavy atom.